The third-order valence-electron chi connectivity index (χ3n) is 5.17. The Hall–Kier alpha value is -2.61. The van der Waals surface area contributed by atoms with Gasteiger partial charge in [-0.1, -0.05) is 36.7 Å². The van der Waals surface area contributed by atoms with E-state index in [0.717, 1.165) is 16.7 Å². The molecule has 28 heavy (non-hydrogen) atoms. The van der Waals surface area contributed by atoms with Crippen molar-refractivity contribution in [3.8, 4) is 0 Å². The van der Waals surface area contributed by atoms with Gasteiger partial charge < -0.3 is 10.2 Å². The summed E-state index contributed by atoms with van der Waals surface area (Å²) in [6, 6.07) is 7.29. The van der Waals surface area contributed by atoms with Crippen molar-refractivity contribution in [2.75, 3.05) is 13.1 Å². The Morgan fingerprint density at radius 1 is 1.36 bits per heavy atom. The number of aromatic nitrogens is 3. The van der Waals surface area contributed by atoms with E-state index in [0.29, 0.717) is 24.5 Å². The molecule has 0 unspecified atom stereocenters. The average molecular weight is 406 g/mol. The highest BCUT2D eigenvalue weighted by molar-refractivity contribution is 6.31. The van der Waals surface area contributed by atoms with E-state index in [2.05, 4.69) is 15.4 Å². The topological polar surface area (TPSA) is 100 Å². The van der Waals surface area contributed by atoms with Crippen molar-refractivity contribution >= 4 is 23.4 Å². The van der Waals surface area contributed by atoms with Crippen molar-refractivity contribution < 1.29 is 9.59 Å². The lowest BCUT2D eigenvalue weighted by Crippen LogP contribution is -2.52. The van der Waals surface area contributed by atoms with Gasteiger partial charge >= 0.3 is 5.69 Å². The van der Waals surface area contributed by atoms with E-state index in [9.17, 15) is 14.4 Å². The number of rotatable bonds is 5. The molecular weight excluding hydrogens is 382 g/mol. The number of H-pyrrole nitrogens is 1. The molecule has 1 aliphatic rings. The van der Waals surface area contributed by atoms with Gasteiger partial charge in [0.1, 0.15) is 0 Å². The number of hydrogen-bond donors (Lipinski definition) is 2. The van der Waals surface area contributed by atoms with Gasteiger partial charge in [-0.25, -0.2) is 9.48 Å². The van der Waals surface area contributed by atoms with Crippen molar-refractivity contribution in [3.05, 3.63) is 51.2 Å². The smallest absolute Gasteiger partial charge is 0.343 e. The maximum absolute atomic E-state index is 12.6. The van der Waals surface area contributed by atoms with Crippen LogP contribution < -0.4 is 11.0 Å². The normalized spacial score (nSPS) is 19.5. The van der Waals surface area contributed by atoms with Crippen LogP contribution in [0.5, 0.6) is 0 Å². The molecule has 9 heteroatoms. The average Bonchev–Trinajstić information content (AvgIpc) is 3.02. The highest BCUT2D eigenvalue weighted by atomic mass is 35.5. The first-order chi connectivity index (χ1) is 13.4. The van der Waals surface area contributed by atoms with E-state index in [-0.39, 0.29) is 36.0 Å². The predicted molar refractivity (Wildman–Crippen MR) is 105 cm³/mol. The molecule has 0 aliphatic carbocycles. The minimum atomic E-state index is -0.419. The lowest BCUT2D eigenvalue weighted by Gasteiger charge is -2.38. The maximum atomic E-state index is 12.6. The van der Waals surface area contributed by atoms with Crippen LogP contribution in [0.4, 0.5) is 0 Å². The molecular formula is C19H24ClN5O3. The Kier molecular flexibility index (Phi) is 6.18. The number of hydrogen-bond acceptors (Lipinski definition) is 4. The summed E-state index contributed by atoms with van der Waals surface area (Å²) in [5.41, 5.74) is 0.374. The molecule has 2 aromatic rings. The highest BCUT2D eigenvalue weighted by Crippen LogP contribution is 2.22. The number of halogens is 1. The van der Waals surface area contributed by atoms with Crippen LogP contribution >= 0.6 is 11.6 Å². The second kappa shape index (κ2) is 8.60. The number of nitrogens with one attached hydrogen (secondary N) is 2. The number of carbonyl (C=O) groups excluding carboxylic acids is 2. The van der Waals surface area contributed by atoms with Crippen LogP contribution in [0.25, 0.3) is 0 Å². The highest BCUT2D eigenvalue weighted by Gasteiger charge is 2.32. The zero-order chi connectivity index (χ0) is 20.3. The molecule has 1 aliphatic heterocycles. The number of piperidine rings is 1. The fourth-order valence-electron chi connectivity index (χ4n) is 3.54. The van der Waals surface area contributed by atoms with E-state index in [1.165, 1.54) is 7.05 Å². The Morgan fingerprint density at radius 2 is 2.11 bits per heavy atom. The first-order valence-corrected chi connectivity index (χ1v) is 9.72. The second-order valence-corrected chi connectivity index (χ2v) is 7.46. The maximum Gasteiger partial charge on any atom is 0.343 e. The van der Waals surface area contributed by atoms with E-state index in [4.69, 9.17) is 11.6 Å². The van der Waals surface area contributed by atoms with Crippen molar-refractivity contribution in [1.82, 2.24) is 25.0 Å². The number of carbonyl (C=O) groups is 2. The molecule has 0 radical (unpaired) electrons. The van der Waals surface area contributed by atoms with Crippen molar-refractivity contribution in [2.24, 2.45) is 13.0 Å². The third kappa shape index (κ3) is 4.44. The molecule has 1 fully saturated rings. The number of nitrogens with zero attached hydrogens (tertiary/aromatic N) is 3. The van der Waals surface area contributed by atoms with Gasteiger partial charge in [0.05, 0.1) is 6.42 Å². The monoisotopic (exact) mass is 405 g/mol. The van der Waals surface area contributed by atoms with Crippen molar-refractivity contribution in [1.29, 1.82) is 0 Å². The van der Waals surface area contributed by atoms with Gasteiger partial charge in [0, 0.05) is 31.2 Å². The van der Waals surface area contributed by atoms with E-state index in [1.807, 2.05) is 25.1 Å². The zero-order valence-corrected chi connectivity index (χ0v) is 16.7. The Bertz CT molecular complexity index is 922. The van der Waals surface area contributed by atoms with E-state index in [1.54, 1.807) is 11.0 Å². The molecule has 150 valence electrons. The van der Waals surface area contributed by atoms with E-state index >= 15 is 0 Å². The van der Waals surface area contributed by atoms with Crippen LogP contribution in [0.1, 0.15) is 35.9 Å². The molecule has 2 atom stereocenters. The zero-order valence-electron chi connectivity index (χ0n) is 15.9. The SMILES string of the molecule is CC[C@@H]1CN(C(=O)c2nn(C)c(=O)[nH]2)CC[C@@H]1NC(=O)Cc1ccccc1Cl. The van der Waals surface area contributed by atoms with Crippen LogP contribution in [-0.2, 0) is 18.3 Å². The molecule has 0 saturated carbocycles. The number of benzene rings is 1. The molecule has 0 bridgehead atoms. The largest absolute Gasteiger partial charge is 0.353 e. The van der Waals surface area contributed by atoms with Crippen LogP contribution in [0.2, 0.25) is 5.02 Å². The Balaban J connectivity index is 1.61. The first-order valence-electron chi connectivity index (χ1n) is 9.34. The van der Waals surface area contributed by atoms with Crippen LogP contribution in [0.15, 0.2) is 29.1 Å². The second-order valence-electron chi connectivity index (χ2n) is 7.05. The molecule has 2 amide bonds. The van der Waals surface area contributed by atoms with Gasteiger partial charge in [0.25, 0.3) is 5.91 Å². The predicted octanol–water partition coefficient (Wildman–Crippen LogP) is 1.36. The number of likely N-dealkylation sites (tertiary alicyclic amines) is 1. The van der Waals surface area contributed by atoms with Crippen molar-refractivity contribution in [3.63, 3.8) is 0 Å². The van der Waals surface area contributed by atoms with Gasteiger partial charge in [-0.2, -0.15) is 0 Å². The van der Waals surface area contributed by atoms with Gasteiger partial charge in [-0.05, 0) is 30.4 Å². The summed E-state index contributed by atoms with van der Waals surface area (Å²) in [7, 11) is 1.49. The van der Waals surface area contributed by atoms with Gasteiger partial charge in [0.15, 0.2) is 0 Å². The quantitative estimate of drug-likeness (QED) is 0.784. The van der Waals surface area contributed by atoms with Crippen LogP contribution in [0.3, 0.4) is 0 Å². The van der Waals surface area contributed by atoms with Gasteiger partial charge in [-0.3, -0.25) is 14.6 Å². The lowest BCUT2D eigenvalue weighted by atomic mass is 9.89. The summed E-state index contributed by atoms with van der Waals surface area (Å²) in [6.45, 7) is 3.03. The summed E-state index contributed by atoms with van der Waals surface area (Å²) in [6.07, 6.45) is 1.69. The molecule has 2 N–H and O–H groups in total. The Morgan fingerprint density at radius 3 is 2.75 bits per heavy atom. The fraction of sp³-hybridized carbons (Fsp3) is 0.474. The summed E-state index contributed by atoms with van der Waals surface area (Å²) in [5, 5.41) is 7.61. The molecule has 1 aromatic carbocycles. The van der Waals surface area contributed by atoms with Crippen LogP contribution in [-0.4, -0.2) is 50.6 Å². The molecule has 1 saturated heterocycles. The van der Waals surface area contributed by atoms with Gasteiger partial charge in [0.2, 0.25) is 11.7 Å². The lowest BCUT2D eigenvalue weighted by molar-refractivity contribution is -0.121. The molecule has 2 heterocycles. The summed E-state index contributed by atoms with van der Waals surface area (Å²) in [4.78, 5) is 40.7. The van der Waals surface area contributed by atoms with E-state index < -0.39 is 5.69 Å². The minimum Gasteiger partial charge on any atom is -0.353 e. The fourth-order valence-corrected chi connectivity index (χ4v) is 3.74. The number of amides is 2. The Labute approximate surface area is 167 Å². The van der Waals surface area contributed by atoms with Crippen LogP contribution in [0, 0.1) is 5.92 Å². The number of aromatic amines is 1. The minimum absolute atomic E-state index is 0.00757. The molecule has 3 rings (SSSR count). The third-order valence-corrected chi connectivity index (χ3v) is 5.54. The molecule has 1 aromatic heterocycles. The number of aryl methyl sites for hydroxylation is 1. The summed E-state index contributed by atoms with van der Waals surface area (Å²) < 4.78 is 1.10. The van der Waals surface area contributed by atoms with Gasteiger partial charge in [-0.15, -0.1) is 5.10 Å². The van der Waals surface area contributed by atoms with Crippen molar-refractivity contribution in [2.45, 2.75) is 32.2 Å². The molecule has 8 nitrogen and oxygen atoms in total. The molecule has 0 spiro atoms. The summed E-state index contributed by atoms with van der Waals surface area (Å²) in [5.74, 6) is -0.200. The first kappa shape index (κ1) is 20.1. The standard InChI is InChI=1S/C19H24ClN5O3/c1-3-12-11-25(18(27)17-22-19(28)24(2)23-17)9-8-15(12)21-16(26)10-13-6-4-5-7-14(13)20/h4-7,12,15H,3,8-11H2,1-2H3,(H,21,26)(H,22,23,28)/t12-,15+/m1/s1. The summed E-state index contributed by atoms with van der Waals surface area (Å²) >= 11 is 6.14.